The highest BCUT2D eigenvalue weighted by Gasteiger charge is 2.18. The number of aliphatic hydroxyl groups is 1. The van der Waals surface area contributed by atoms with Crippen LogP contribution < -0.4 is 5.32 Å². The first-order chi connectivity index (χ1) is 12.0. The van der Waals surface area contributed by atoms with E-state index in [1.807, 2.05) is 26.0 Å². The van der Waals surface area contributed by atoms with E-state index in [9.17, 15) is 9.90 Å². The first-order valence-corrected chi connectivity index (χ1v) is 8.02. The van der Waals surface area contributed by atoms with E-state index in [-0.39, 0.29) is 11.9 Å². The molecule has 130 valence electrons. The van der Waals surface area contributed by atoms with Gasteiger partial charge in [0.15, 0.2) is 0 Å². The number of nitrogens with zero attached hydrogens (tertiary/aromatic N) is 3. The predicted octanol–water partition coefficient (Wildman–Crippen LogP) is 2.41. The van der Waals surface area contributed by atoms with Gasteiger partial charge in [-0.2, -0.15) is 5.10 Å². The number of benzene rings is 1. The van der Waals surface area contributed by atoms with Crippen LogP contribution in [0.15, 0.2) is 53.7 Å². The van der Waals surface area contributed by atoms with Crippen LogP contribution in [-0.4, -0.2) is 31.8 Å². The molecule has 2 atom stereocenters. The molecule has 7 heteroatoms. The summed E-state index contributed by atoms with van der Waals surface area (Å²) in [5.74, 6) is 0.316. The summed E-state index contributed by atoms with van der Waals surface area (Å²) in [4.78, 5) is 16.4. The van der Waals surface area contributed by atoms with Crippen LogP contribution >= 0.6 is 0 Å². The minimum atomic E-state index is -0.749. The molecule has 0 fully saturated rings. The van der Waals surface area contributed by atoms with Crippen molar-refractivity contribution in [3.05, 3.63) is 66.1 Å². The van der Waals surface area contributed by atoms with Gasteiger partial charge in [-0.25, -0.2) is 9.67 Å². The van der Waals surface area contributed by atoms with Crippen LogP contribution in [0.1, 0.15) is 41.1 Å². The summed E-state index contributed by atoms with van der Waals surface area (Å²) < 4.78 is 6.81. The van der Waals surface area contributed by atoms with Crippen molar-refractivity contribution in [2.45, 2.75) is 32.4 Å². The Labute approximate surface area is 145 Å². The van der Waals surface area contributed by atoms with Gasteiger partial charge in [-0.1, -0.05) is 0 Å². The molecule has 1 aromatic carbocycles. The summed E-state index contributed by atoms with van der Waals surface area (Å²) in [6.45, 7) is 3.72. The highest BCUT2D eigenvalue weighted by Crippen LogP contribution is 2.19. The van der Waals surface area contributed by atoms with Gasteiger partial charge in [0.2, 0.25) is 0 Å². The molecule has 0 aliphatic carbocycles. The van der Waals surface area contributed by atoms with E-state index in [1.165, 1.54) is 12.6 Å². The summed E-state index contributed by atoms with van der Waals surface area (Å²) in [5.41, 5.74) is 2.26. The Morgan fingerprint density at radius 2 is 2.24 bits per heavy atom. The number of rotatable bonds is 6. The van der Waals surface area contributed by atoms with Crippen molar-refractivity contribution in [1.82, 2.24) is 20.1 Å². The third-order valence-electron chi connectivity index (χ3n) is 3.96. The Bertz CT molecular complexity index is 828. The molecule has 0 radical (unpaired) electrons. The fourth-order valence-electron chi connectivity index (χ4n) is 2.68. The lowest BCUT2D eigenvalue weighted by Crippen LogP contribution is -2.34. The van der Waals surface area contributed by atoms with Gasteiger partial charge in [0.05, 0.1) is 12.0 Å². The number of carbonyl (C=O) groups excluding carboxylic acids is 1. The molecule has 2 unspecified atom stereocenters. The minimum absolute atomic E-state index is 0.179. The Hall–Kier alpha value is -2.93. The quantitative estimate of drug-likeness (QED) is 0.719. The second kappa shape index (κ2) is 7.31. The van der Waals surface area contributed by atoms with Gasteiger partial charge >= 0.3 is 0 Å². The fourth-order valence-corrected chi connectivity index (χ4v) is 2.68. The molecule has 0 aliphatic heterocycles. The van der Waals surface area contributed by atoms with E-state index in [0.717, 1.165) is 11.3 Å². The molecule has 0 spiro atoms. The van der Waals surface area contributed by atoms with Crippen molar-refractivity contribution in [1.29, 1.82) is 0 Å². The van der Waals surface area contributed by atoms with Crippen LogP contribution in [0.5, 0.6) is 0 Å². The first kappa shape index (κ1) is 16.9. The zero-order chi connectivity index (χ0) is 17.8. The maximum Gasteiger partial charge on any atom is 0.251 e. The lowest BCUT2D eigenvalue weighted by atomic mass is 10.1. The van der Waals surface area contributed by atoms with E-state index in [2.05, 4.69) is 15.4 Å². The number of carbonyl (C=O) groups is 1. The van der Waals surface area contributed by atoms with Crippen LogP contribution in [0.25, 0.3) is 5.69 Å². The average molecular weight is 340 g/mol. The van der Waals surface area contributed by atoms with Crippen molar-refractivity contribution in [2.75, 3.05) is 0 Å². The molecule has 3 rings (SSSR count). The van der Waals surface area contributed by atoms with E-state index in [1.54, 1.807) is 29.2 Å². The Kier molecular flexibility index (Phi) is 4.95. The summed E-state index contributed by atoms with van der Waals surface area (Å²) in [5, 5.41) is 17.1. The van der Waals surface area contributed by atoms with Crippen LogP contribution in [0.3, 0.4) is 0 Å². The molecular weight excluding hydrogens is 320 g/mol. The number of aliphatic hydroxyl groups excluding tert-OH is 1. The summed E-state index contributed by atoms with van der Waals surface area (Å²) >= 11 is 0. The van der Waals surface area contributed by atoms with Crippen molar-refractivity contribution >= 4 is 5.91 Å². The number of amides is 1. The predicted molar refractivity (Wildman–Crippen MR) is 91.3 cm³/mol. The van der Waals surface area contributed by atoms with E-state index in [0.29, 0.717) is 17.7 Å². The zero-order valence-corrected chi connectivity index (χ0v) is 14.1. The van der Waals surface area contributed by atoms with Gasteiger partial charge in [-0.3, -0.25) is 4.79 Å². The highest BCUT2D eigenvalue weighted by atomic mass is 16.4. The summed E-state index contributed by atoms with van der Waals surface area (Å²) in [6.07, 6.45) is 4.20. The molecule has 7 nitrogen and oxygen atoms in total. The van der Waals surface area contributed by atoms with Gasteiger partial charge in [0, 0.05) is 18.0 Å². The van der Waals surface area contributed by atoms with Crippen LogP contribution in [0, 0.1) is 6.92 Å². The second-order valence-corrected chi connectivity index (χ2v) is 5.98. The normalized spacial score (nSPS) is 13.4. The standard InChI is InChI=1S/C18H20N4O3/c1-12-8-14(22-11-19-10-20-22)5-6-15(12)18(24)21-13(2)9-16(23)17-4-3-7-25-17/h3-8,10-11,13,16,23H,9H2,1-2H3,(H,21,24). The second-order valence-electron chi connectivity index (χ2n) is 5.98. The number of furan rings is 1. The molecule has 0 aliphatic rings. The van der Waals surface area contributed by atoms with E-state index < -0.39 is 6.10 Å². The van der Waals surface area contributed by atoms with Crippen LogP contribution in [-0.2, 0) is 0 Å². The lowest BCUT2D eigenvalue weighted by Gasteiger charge is -2.17. The highest BCUT2D eigenvalue weighted by molar-refractivity contribution is 5.96. The summed E-state index contributed by atoms with van der Waals surface area (Å²) in [7, 11) is 0. The number of aromatic nitrogens is 3. The van der Waals surface area contributed by atoms with Crippen molar-refractivity contribution in [2.24, 2.45) is 0 Å². The molecule has 2 aromatic heterocycles. The zero-order valence-electron chi connectivity index (χ0n) is 14.1. The maximum atomic E-state index is 12.5. The molecular formula is C18H20N4O3. The fraction of sp³-hybridized carbons (Fsp3) is 0.278. The third kappa shape index (κ3) is 3.95. The molecule has 25 heavy (non-hydrogen) atoms. The molecule has 0 bridgehead atoms. The van der Waals surface area contributed by atoms with Crippen molar-refractivity contribution in [3.63, 3.8) is 0 Å². The van der Waals surface area contributed by atoms with Gasteiger partial charge in [-0.05, 0) is 49.7 Å². The molecule has 0 saturated carbocycles. The third-order valence-corrected chi connectivity index (χ3v) is 3.96. The molecule has 2 N–H and O–H groups in total. The molecule has 3 aromatic rings. The van der Waals surface area contributed by atoms with Gasteiger partial charge in [-0.15, -0.1) is 0 Å². The Morgan fingerprint density at radius 1 is 1.40 bits per heavy atom. The molecule has 0 saturated heterocycles. The monoisotopic (exact) mass is 340 g/mol. The number of hydrogen-bond donors (Lipinski definition) is 2. The van der Waals surface area contributed by atoms with Gasteiger partial charge < -0.3 is 14.8 Å². The topological polar surface area (TPSA) is 93.2 Å². The number of hydrogen-bond acceptors (Lipinski definition) is 5. The number of nitrogens with one attached hydrogen (secondary N) is 1. The van der Waals surface area contributed by atoms with E-state index in [4.69, 9.17) is 4.42 Å². The van der Waals surface area contributed by atoms with Crippen molar-refractivity contribution in [3.8, 4) is 5.69 Å². The van der Waals surface area contributed by atoms with Crippen LogP contribution in [0.2, 0.25) is 0 Å². The summed E-state index contributed by atoms with van der Waals surface area (Å²) in [6, 6.07) is 8.69. The van der Waals surface area contributed by atoms with Gasteiger partial charge in [0.25, 0.3) is 5.91 Å². The van der Waals surface area contributed by atoms with Gasteiger partial charge in [0.1, 0.15) is 24.5 Å². The molecule has 2 heterocycles. The Balaban J connectivity index is 1.64. The smallest absolute Gasteiger partial charge is 0.251 e. The average Bonchev–Trinajstić information content (AvgIpc) is 3.28. The SMILES string of the molecule is Cc1cc(-n2cncn2)ccc1C(=O)NC(C)CC(O)c1ccco1. The van der Waals surface area contributed by atoms with Crippen molar-refractivity contribution < 1.29 is 14.3 Å². The minimum Gasteiger partial charge on any atom is -0.467 e. The largest absolute Gasteiger partial charge is 0.467 e. The lowest BCUT2D eigenvalue weighted by molar-refractivity contribution is 0.0902. The maximum absolute atomic E-state index is 12.5. The number of aryl methyl sites for hydroxylation is 1. The van der Waals surface area contributed by atoms with Crippen LogP contribution in [0.4, 0.5) is 0 Å². The van der Waals surface area contributed by atoms with E-state index >= 15 is 0 Å². The molecule has 1 amide bonds. The Morgan fingerprint density at radius 3 is 2.88 bits per heavy atom. The first-order valence-electron chi connectivity index (χ1n) is 8.02.